The minimum absolute atomic E-state index is 0.0262. The first-order chi connectivity index (χ1) is 17.6. The molecule has 1 amide bonds. The molecule has 0 bridgehead atoms. The summed E-state index contributed by atoms with van der Waals surface area (Å²) >= 11 is 0. The molecule has 39 heavy (non-hydrogen) atoms. The van der Waals surface area contributed by atoms with E-state index in [2.05, 4.69) is 14.7 Å². The Kier molecular flexibility index (Phi) is 9.44. The van der Waals surface area contributed by atoms with Gasteiger partial charge < -0.3 is 24.3 Å². The van der Waals surface area contributed by atoms with Gasteiger partial charge in [0.05, 0.1) is 5.75 Å². The first-order valence-corrected chi connectivity index (χ1v) is 13.4. The van der Waals surface area contributed by atoms with Gasteiger partial charge in [0.1, 0.15) is 22.8 Å². The number of amides is 1. The summed E-state index contributed by atoms with van der Waals surface area (Å²) in [6.45, 7) is 9.50. The lowest BCUT2D eigenvalue weighted by molar-refractivity contribution is -0.274. The maximum absolute atomic E-state index is 13.8. The van der Waals surface area contributed by atoms with Crippen molar-refractivity contribution < 1.29 is 50.2 Å². The lowest BCUT2D eigenvalue weighted by atomic mass is 10.0. The third-order valence-electron chi connectivity index (χ3n) is 4.80. The zero-order valence-electron chi connectivity index (χ0n) is 22.3. The molecule has 1 heterocycles. The Balaban J connectivity index is 2.19. The molecule has 2 N–H and O–H groups in total. The quantitative estimate of drug-likeness (QED) is 0.331. The summed E-state index contributed by atoms with van der Waals surface area (Å²) in [6.07, 6.45) is -7.42. The van der Waals surface area contributed by atoms with E-state index in [0.29, 0.717) is 0 Å². The normalized spacial score (nSPS) is 15.6. The van der Waals surface area contributed by atoms with Crippen LogP contribution in [-0.2, 0) is 29.9 Å². The Morgan fingerprint density at radius 1 is 1.10 bits per heavy atom. The van der Waals surface area contributed by atoms with Gasteiger partial charge in [-0.3, -0.25) is 0 Å². The number of carbonyl (C=O) groups is 2. The first kappa shape index (κ1) is 32.0. The number of sulfonamides is 1. The second-order valence-corrected chi connectivity index (χ2v) is 12.4. The molecule has 2 rings (SSSR count). The predicted molar refractivity (Wildman–Crippen MR) is 134 cm³/mol. The van der Waals surface area contributed by atoms with Gasteiger partial charge in [-0.15, -0.1) is 0 Å². The Morgan fingerprint density at radius 3 is 2.23 bits per heavy atom. The van der Waals surface area contributed by atoms with Crippen LogP contribution in [0.15, 0.2) is 33.1 Å². The van der Waals surface area contributed by atoms with Crippen molar-refractivity contribution in [1.82, 2.24) is 10.3 Å². The lowest BCUT2D eigenvalue weighted by Crippen LogP contribution is -2.46. The number of alkyl carbamates (subject to hydrolysis) is 1. The zero-order chi connectivity index (χ0) is 29.9. The zero-order valence-corrected chi connectivity index (χ0v) is 23.1. The number of esters is 1. The van der Waals surface area contributed by atoms with Gasteiger partial charge in [0, 0.05) is 19.1 Å². The number of aliphatic hydroxyl groups is 1. The fourth-order valence-electron chi connectivity index (χ4n) is 3.05. The Labute approximate surface area is 223 Å². The summed E-state index contributed by atoms with van der Waals surface area (Å²) in [5.74, 6) is -3.27. The summed E-state index contributed by atoms with van der Waals surface area (Å²) in [7, 11) is -4.58. The summed E-state index contributed by atoms with van der Waals surface area (Å²) < 4.78 is 85.0. The molecule has 0 saturated carbocycles. The molecular weight excluding hydrogens is 547 g/mol. The van der Waals surface area contributed by atoms with Crippen LogP contribution in [0.2, 0.25) is 0 Å². The van der Waals surface area contributed by atoms with Crippen LogP contribution < -0.4 is 5.32 Å². The third kappa shape index (κ3) is 9.49. The van der Waals surface area contributed by atoms with E-state index in [0.717, 1.165) is 6.21 Å². The summed E-state index contributed by atoms with van der Waals surface area (Å²) in [6, 6.07) is 4.29. The van der Waals surface area contributed by atoms with Gasteiger partial charge in [0.2, 0.25) is 11.5 Å². The molecule has 0 radical (unpaired) electrons. The minimum atomic E-state index is -5.33. The van der Waals surface area contributed by atoms with Crippen molar-refractivity contribution >= 4 is 39.4 Å². The number of ether oxygens (including phenoxy) is 2. The molecule has 15 heteroatoms. The van der Waals surface area contributed by atoms with Crippen molar-refractivity contribution in [3.8, 4) is 0 Å². The Morgan fingerprint density at radius 2 is 1.69 bits per heavy atom. The van der Waals surface area contributed by atoms with Gasteiger partial charge in [0.25, 0.3) is 10.0 Å². The molecule has 0 aliphatic carbocycles. The van der Waals surface area contributed by atoms with Crippen molar-refractivity contribution in [2.45, 2.75) is 83.4 Å². The van der Waals surface area contributed by atoms with E-state index in [1.54, 1.807) is 41.5 Å². The van der Waals surface area contributed by atoms with Crippen molar-refractivity contribution in [1.29, 1.82) is 0 Å². The van der Waals surface area contributed by atoms with Crippen LogP contribution in [0.5, 0.6) is 0 Å². The fourth-order valence-corrected chi connectivity index (χ4v) is 4.02. The highest BCUT2D eigenvalue weighted by atomic mass is 32.2. The van der Waals surface area contributed by atoms with Crippen molar-refractivity contribution in [2.24, 2.45) is 4.40 Å². The second kappa shape index (κ2) is 11.5. The number of nitrogens with zero attached hydrogens (tertiary/aromatic N) is 2. The highest BCUT2D eigenvalue weighted by Gasteiger charge is 2.58. The highest BCUT2D eigenvalue weighted by Crippen LogP contribution is 2.42. The van der Waals surface area contributed by atoms with E-state index >= 15 is 0 Å². The number of fused-ring (bicyclic) bond motifs is 1. The van der Waals surface area contributed by atoms with Crippen LogP contribution in [0.4, 0.5) is 18.0 Å². The largest absolute Gasteiger partial charge is 0.458 e. The van der Waals surface area contributed by atoms with Gasteiger partial charge >= 0.3 is 18.2 Å². The number of nitrogens with one attached hydrogen (secondary N) is 1. The summed E-state index contributed by atoms with van der Waals surface area (Å²) in [5.41, 5.74) is -5.54. The van der Waals surface area contributed by atoms with E-state index in [4.69, 9.17) is 13.9 Å². The molecule has 1 aromatic carbocycles. The first-order valence-electron chi connectivity index (χ1n) is 11.8. The number of para-hydroxylation sites is 2. The standard InChI is InChI=1S/C24H32F3N3O8S/c1-21(2,3)37-18(31)16(30-20(32)38-22(4,5)6)11-13-28-39(34,35)14-12-23(33,24(25,26)27)19-29-15-9-7-8-10-17(15)36-19/h7-10,13,16,33H,11-12,14H2,1-6H3,(H,30,32)/t16-,23?/m0/s1. The van der Waals surface area contributed by atoms with Crippen LogP contribution in [0, 0.1) is 0 Å². The SMILES string of the molecule is CC(C)(C)OC(=O)N[C@@H](CC=NS(=O)(=O)CCC(O)(c1nc2ccccc2o1)C(F)(F)F)C(=O)OC(C)(C)C. The molecule has 0 saturated heterocycles. The predicted octanol–water partition coefficient (Wildman–Crippen LogP) is 3.99. The van der Waals surface area contributed by atoms with Crippen molar-refractivity contribution in [3.63, 3.8) is 0 Å². The van der Waals surface area contributed by atoms with E-state index in [9.17, 15) is 36.3 Å². The average molecular weight is 580 g/mol. The average Bonchev–Trinajstić information content (AvgIpc) is 3.18. The van der Waals surface area contributed by atoms with Gasteiger partial charge in [0.15, 0.2) is 5.58 Å². The Hall–Kier alpha value is -3.20. The van der Waals surface area contributed by atoms with Crippen LogP contribution in [0.3, 0.4) is 0 Å². The van der Waals surface area contributed by atoms with E-state index in [1.165, 1.54) is 24.3 Å². The number of aromatic nitrogens is 1. The molecule has 2 aromatic rings. The smallest absolute Gasteiger partial charge is 0.426 e. The molecular formula is C24H32F3N3O8S. The number of benzene rings is 1. The molecule has 2 atom stereocenters. The number of carbonyl (C=O) groups excluding carboxylic acids is 2. The molecule has 0 spiro atoms. The molecule has 0 aliphatic heterocycles. The molecule has 1 unspecified atom stereocenters. The third-order valence-corrected chi connectivity index (χ3v) is 5.99. The van der Waals surface area contributed by atoms with Crippen molar-refractivity contribution in [3.05, 3.63) is 30.2 Å². The van der Waals surface area contributed by atoms with Crippen molar-refractivity contribution in [2.75, 3.05) is 5.75 Å². The topological polar surface area (TPSA) is 157 Å². The molecule has 1 aromatic heterocycles. The lowest BCUT2D eigenvalue weighted by Gasteiger charge is -2.26. The van der Waals surface area contributed by atoms with Gasteiger partial charge in [-0.1, -0.05) is 12.1 Å². The minimum Gasteiger partial charge on any atom is -0.458 e. The van der Waals surface area contributed by atoms with Gasteiger partial charge in [-0.2, -0.15) is 17.6 Å². The van der Waals surface area contributed by atoms with E-state index in [1.807, 2.05) is 0 Å². The number of rotatable bonds is 9. The number of hydrogen-bond acceptors (Lipinski definition) is 9. The van der Waals surface area contributed by atoms with E-state index in [-0.39, 0.29) is 11.1 Å². The Bertz CT molecular complexity index is 1280. The maximum Gasteiger partial charge on any atom is 0.426 e. The van der Waals surface area contributed by atoms with E-state index < -0.39 is 75.6 Å². The highest BCUT2D eigenvalue weighted by molar-refractivity contribution is 7.90. The maximum atomic E-state index is 13.8. The number of alkyl halides is 3. The van der Waals surface area contributed by atoms with Gasteiger partial charge in [-0.25, -0.2) is 23.0 Å². The number of hydrogen-bond donors (Lipinski definition) is 2. The van der Waals surface area contributed by atoms with Gasteiger partial charge in [-0.05, 0) is 53.7 Å². The van der Waals surface area contributed by atoms with Crippen LogP contribution >= 0.6 is 0 Å². The second-order valence-electron chi connectivity index (χ2n) is 10.6. The molecule has 218 valence electrons. The summed E-state index contributed by atoms with van der Waals surface area (Å²) in [5, 5.41) is 12.7. The monoisotopic (exact) mass is 579 g/mol. The van der Waals surface area contributed by atoms with Crippen LogP contribution in [0.25, 0.3) is 11.1 Å². The molecule has 0 fully saturated rings. The summed E-state index contributed by atoms with van der Waals surface area (Å²) in [4.78, 5) is 28.4. The number of oxazole rings is 1. The molecule has 0 aliphatic rings. The fraction of sp³-hybridized carbons (Fsp3) is 0.583. The number of halogens is 3. The van der Waals surface area contributed by atoms with Crippen LogP contribution in [0.1, 0.15) is 60.3 Å². The molecule has 11 nitrogen and oxygen atoms in total. The van der Waals surface area contributed by atoms with Crippen LogP contribution in [-0.4, -0.2) is 66.0 Å².